The molecule has 16 heteroatoms. The first kappa shape index (κ1) is 35.5. The minimum absolute atomic E-state index is 0.153. The molecule has 2 aromatic heterocycles. The number of aromatic amines is 1. The normalized spacial score (nSPS) is 17.0. The number of anilines is 1. The summed E-state index contributed by atoms with van der Waals surface area (Å²) in [5.41, 5.74) is 1.32. The first-order chi connectivity index (χ1) is 21.6. The lowest BCUT2D eigenvalue weighted by molar-refractivity contribution is -0.156. The van der Waals surface area contributed by atoms with Gasteiger partial charge in [0.25, 0.3) is 5.56 Å². The van der Waals surface area contributed by atoms with E-state index >= 15 is 0 Å². The largest absolute Gasteiger partial charge is 0.446 e. The van der Waals surface area contributed by atoms with Crippen LogP contribution in [-0.2, 0) is 16.1 Å². The molecular weight excluding hydrogens is 650 g/mol. The van der Waals surface area contributed by atoms with Crippen LogP contribution in [0.4, 0.5) is 23.9 Å². The number of halogens is 5. The van der Waals surface area contributed by atoms with E-state index in [4.69, 9.17) is 32.7 Å². The summed E-state index contributed by atoms with van der Waals surface area (Å²) in [6, 6.07) is 5.55. The Morgan fingerprint density at radius 2 is 1.74 bits per heavy atom. The number of aldehydes is 1. The van der Waals surface area contributed by atoms with Crippen LogP contribution in [-0.4, -0.2) is 86.4 Å². The molecule has 2 N–H and O–H groups in total. The van der Waals surface area contributed by atoms with Crippen LogP contribution in [0.15, 0.2) is 29.2 Å². The average molecular weight is 689 g/mol. The Balaban J connectivity index is 0.000000731. The number of H-pyrrole nitrogens is 1. The number of ether oxygens (including phenoxy) is 1. The maximum absolute atomic E-state index is 13.0. The first-order valence-corrected chi connectivity index (χ1v) is 15.8. The molecule has 0 bridgehead atoms. The number of carbonyl (C=O) groups is 2. The number of hydrogen-bond donors (Lipinski definition) is 2. The van der Waals surface area contributed by atoms with Crippen molar-refractivity contribution in [3.05, 3.63) is 50.4 Å². The highest BCUT2D eigenvalue weighted by Crippen LogP contribution is 2.28. The first-order valence-electron chi connectivity index (χ1n) is 15.0. The quantitative estimate of drug-likeness (QED) is 0.299. The number of amides is 1. The Labute approximate surface area is 274 Å². The number of nitrogens with one attached hydrogen (secondary N) is 2. The van der Waals surface area contributed by atoms with Crippen LogP contribution in [0.1, 0.15) is 58.1 Å². The Kier molecular flexibility index (Phi) is 11.6. The number of carbonyl (C=O) groups excluding carboxylic acids is 2. The maximum atomic E-state index is 13.0. The summed E-state index contributed by atoms with van der Waals surface area (Å²) in [4.78, 5) is 45.9. The third kappa shape index (κ3) is 10.1. The van der Waals surface area contributed by atoms with Crippen molar-refractivity contribution in [3.8, 4) is 0 Å². The summed E-state index contributed by atoms with van der Waals surface area (Å²) in [6.45, 7) is 10.6. The van der Waals surface area contributed by atoms with Crippen LogP contribution in [0, 0.1) is 5.92 Å². The Morgan fingerprint density at radius 1 is 1.09 bits per heavy atom. The number of rotatable bonds is 6. The molecule has 2 aliphatic heterocycles. The number of benzene rings is 1. The zero-order valence-corrected chi connectivity index (χ0v) is 27.4. The van der Waals surface area contributed by atoms with E-state index in [1.54, 1.807) is 18.3 Å². The van der Waals surface area contributed by atoms with Crippen molar-refractivity contribution in [1.29, 1.82) is 0 Å². The van der Waals surface area contributed by atoms with Crippen molar-refractivity contribution < 1.29 is 27.5 Å². The van der Waals surface area contributed by atoms with E-state index in [9.17, 15) is 22.8 Å². The molecule has 2 saturated heterocycles. The van der Waals surface area contributed by atoms with Gasteiger partial charge in [0.15, 0.2) is 5.52 Å². The third-order valence-corrected chi connectivity index (χ3v) is 8.46. The van der Waals surface area contributed by atoms with Crippen molar-refractivity contribution in [3.63, 3.8) is 0 Å². The van der Waals surface area contributed by atoms with Gasteiger partial charge < -0.3 is 19.9 Å². The van der Waals surface area contributed by atoms with Crippen LogP contribution in [0.2, 0.25) is 10.0 Å². The summed E-state index contributed by atoms with van der Waals surface area (Å²) >= 11 is 12.1. The van der Waals surface area contributed by atoms with Gasteiger partial charge in [0.1, 0.15) is 11.1 Å². The summed E-state index contributed by atoms with van der Waals surface area (Å²) in [6.07, 6.45) is -0.421. The lowest BCUT2D eigenvalue weighted by Gasteiger charge is -2.38. The molecule has 11 nitrogen and oxygen atoms in total. The molecule has 0 radical (unpaired) electrons. The molecule has 5 rings (SSSR count). The van der Waals surface area contributed by atoms with Gasteiger partial charge in [-0.3, -0.25) is 19.3 Å². The molecular formula is C30H38Cl2F3N7O4. The van der Waals surface area contributed by atoms with Gasteiger partial charge in [-0.1, -0.05) is 29.3 Å². The monoisotopic (exact) mass is 687 g/mol. The van der Waals surface area contributed by atoms with Gasteiger partial charge in [0, 0.05) is 39.3 Å². The fourth-order valence-corrected chi connectivity index (χ4v) is 5.82. The summed E-state index contributed by atoms with van der Waals surface area (Å²) in [5, 5.41) is 8.69. The maximum Gasteiger partial charge on any atom is 0.446 e. The molecule has 46 heavy (non-hydrogen) atoms. The number of piperidine rings is 2. The molecule has 0 aliphatic carbocycles. The minimum Gasteiger partial charge on any atom is -0.444 e. The zero-order valence-electron chi connectivity index (χ0n) is 25.9. The van der Waals surface area contributed by atoms with Crippen molar-refractivity contribution in [1.82, 2.24) is 29.5 Å². The van der Waals surface area contributed by atoms with Gasteiger partial charge in [-0.2, -0.15) is 18.3 Å². The van der Waals surface area contributed by atoms with Gasteiger partial charge in [0.05, 0.1) is 22.3 Å². The second kappa shape index (κ2) is 15.0. The highest BCUT2D eigenvalue weighted by Gasteiger charge is 2.30. The van der Waals surface area contributed by atoms with Gasteiger partial charge in [0.2, 0.25) is 12.2 Å². The molecule has 0 unspecified atom stereocenters. The van der Waals surface area contributed by atoms with Crippen molar-refractivity contribution in [2.24, 2.45) is 5.92 Å². The van der Waals surface area contributed by atoms with E-state index < -0.39 is 18.1 Å². The predicted molar refractivity (Wildman–Crippen MR) is 169 cm³/mol. The van der Waals surface area contributed by atoms with Gasteiger partial charge >= 0.3 is 12.3 Å². The number of hydrogen-bond acceptors (Lipinski definition) is 8. The smallest absolute Gasteiger partial charge is 0.444 e. The lowest BCUT2D eigenvalue weighted by atomic mass is 9.95. The molecule has 2 aliphatic rings. The van der Waals surface area contributed by atoms with E-state index in [0.717, 1.165) is 64.0 Å². The topological polar surface area (TPSA) is 125 Å². The summed E-state index contributed by atoms with van der Waals surface area (Å²) in [5.74, 6) is 0.957. The Hall–Kier alpha value is -3.36. The van der Waals surface area contributed by atoms with E-state index in [2.05, 4.69) is 25.3 Å². The number of fused-ring (bicyclic) bond motifs is 1. The van der Waals surface area contributed by atoms with Crippen molar-refractivity contribution in [2.75, 3.05) is 38.0 Å². The van der Waals surface area contributed by atoms with Gasteiger partial charge in [-0.15, -0.1) is 0 Å². The lowest BCUT2D eigenvalue weighted by Crippen LogP contribution is -2.45. The van der Waals surface area contributed by atoms with E-state index in [-0.39, 0.29) is 17.7 Å². The van der Waals surface area contributed by atoms with Crippen LogP contribution in [0.25, 0.3) is 11.0 Å². The molecule has 0 spiro atoms. The molecule has 0 atom stereocenters. The van der Waals surface area contributed by atoms with E-state index in [1.165, 1.54) is 0 Å². The molecule has 1 aromatic carbocycles. The Bertz CT molecular complexity index is 1560. The highest BCUT2D eigenvalue weighted by molar-refractivity contribution is 6.42. The van der Waals surface area contributed by atoms with Crippen molar-refractivity contribution in [2.45, 2.75) is 70.8 Å². The standard InChI is InChI=1S/C28H37Cl2N7O3.C2HF3O/c1-28(2,3)40-27(39)36-12-6-18(7-13-36)17-35-10-8-20(9-11-35)37-24-23(16-32-37)33-26(34-25(24)38)31-15-19-4-5-21(29)22(30)14-19;3-2(4,5)1-6/h4-5,14,16,18,20H,6-13,15,17H2,1-3H3,(H2,31,33,34,38);1H. The summed E-state index contributed by atoms with van der Waals surface area (Å²) in [7, 11) is 0. The minimum atomic E-state index is -4.64. The van der Waals surface area contributed by atoms with Crippen LogP contribution in [0.3, 0.4) is 0 Å². The molecule has 1 amide bonds. The van der Waals surface area contributed by atoms with Crippen LogP contribution in [0.5, 0.6) is 0 Å². The second-order valence-corrected chi connectivity index (χ2v) is 13.3. The number of alkyl halides is 3. The van der Waals surface area contributed by atoms with E-state index in [0.29, 0.717) is 39.5 Å². The second-order valence-electron chi connectivity index (χ2n) is 12.4. The van der Waals surface area contributed by atoms with Crippen molar-refractivity contribution >= 4 is 52.6 Å². The molecule has 0 saturated carbocycles. The Morgan fingerprint density at radius 3 is 2.33 bits per heavy atom. The van der Waals surface area contributed by atoms with Crippen LogP contribution < -0.4 is 10.9 Å². The van der Waals surface area contributed by atoms with Gasteiger partial charge in [-0.25, -0.2) is 9.78 Å². The average Bonchev–Trinajstić information content (AvgIpc) is 3.42. The number of aromatic nitrogens is 4. The van der Waals surface area contributed by atoms with Crippen LogP contribution >= 0.6 is 23.2 Å². The molecule has 2 fully saturated rings. The summed E-state index contributed by atoms with van der Waals surface area (Å²) < 4.78 is 38.6. The van der Waals surface area contributed by atoms with E-state index in [1.807, 2.05) is 36.4 Å². The SMILES string of the molecule is CC(C)(C)OC(=O)N1CCC(CN2CCC(n3ncc4nc(NCc5ccc(Cl)c(Cl)c5)[nH]c(=O)c43)CC2)CC1.O=CC(F)(F)F. The fourth-order valence-electron chi connectivity index (χ4n) is 5.50. The number of nitrogens with zero attached hydrogens (tertiary/aromatic N) is 5. The van der Waals surface area contributed by atoms with Gasteiger partial charge in [-0.05, 0) is 70.1 Å². The molecule has 252 valence electrons. The highest BCUT2D eigenvalue weighted by atomic mass is 35.5. The molecule has 4 heterocycles. The fraction of sp³-hybridized carbons (Fsp3) is 0.567. The zero-order chi connectivity index (χ0) is 33.6. The molecule has 3 aromatic rings. The predicted octanol–water partition coefficient (Wildman–Crippen LogP) is 6.07. The number of likely N-dealkylation sites (tertiary alicyclic amines) is 2. The third-order valence-electron chi connectivity index (χ3n) is 7.72.